The fourth-order valence-corrected chi connectivity index (χ4v) is 1.31. The lowest BCUT2D eigenvalue weighted by Gasteiger charge is -2.02. The molecule has 0 N–H and O–H groups in total. The van der Waals surface area contributed by atoms with Crippen molar-refractivity contribution in [3.8, 4) is 5.88 Å². The third kappa shape index (κ3) is 3.27. The molecule has 0 aliphatic heterocycles. The zero-order valence-electron chi connectivity index (χ0n) is 8.47. The van der Waals surface area contributed by atoms with Crippen LogP contribution in [-0.4, -0.2) is 15.9 Å². The highest BCUT2D eigenvalue weighted by Crippen LogP contribution is 2.27. The van der Waals surface area contributed by atoms with Crippen LogP contribution in [0.25, 0.3) is 0 Å². The highest BCUT2D eigenvalue weighted by atomic mass is 79.9. The molecule has 1 aromatic rings. The van der Waals surface area contributed by atoms with E-state index in [4.69, 9.17) is 4.74 Å². The van der Waals surface area contributed by atoms with Gasteiger partial charge in [0.2, 0.25) is 0 Å². The normalized spacial score (nSPS) is 9.88. The Hall–Kier alpha value is -1.50. The van der Waals surface area contributed by atoms with Gasteiger partial charge in [-0.05, 0) is 22.4 Å². The van der Waals surface area contributed by atoms with Crippen molar-refractivity contribution in [3.63, 3.8) is 0 Å². The van der Waals surface area contributed by atoms with Crippen LogP contribution in [0, 0.1) is 10.1 Å². The summed E-state index contributed by atoms with van der Waals surface area (Å²) in [6, 6.07) is 1.24. The maximum absolute atomic E-state index is 11.2. The Kier molecular flexibility index (Phi) is 4.36. The minimum Gasteiger partial charge on any atom is -0.401 e. The summed E-state index contributed by atoms with van der Waals surface area (Å²) in [5.41, 5.74) is -0.334. The summed E-state index contributed by atoms with van der Waals surface area (Å²) in [7, 11) is 0. The van der Waals surface area contributed by atoms with Gasteiger partial charge < -0.3 is 4.74 Å². The topological polar surface area (TPSA) is 82.3 Å². The van der Waals surface area contributed by atoms with Gasteiger partial charge in [0, 0.05) is 23.2 Å². The van der Waals surface area contributed by atoms with E-state index in [0.717, 1.165) is 0 Å². The van der Waals surface area contributed by atoms with Crippen molar-refractivity contribution >= 4 is 27.6 Å². The van der Waals surface area contributed by atoms with Crippen LogP contribution in [0.3, 0.4) is 0 Å². The standard InChI is InChI=1S/C9H9BrN2O4/c1-2-3-8(13)16-9-7(12(14)15)4-6(10)5-11-9/h4-5H,2-3H2,1H3. The quantitative estimate of drug-likeness (QED) is 0.483. The summed E-state index contributed by atoms with van der Waals surface area (Å²) in [6.07, 6.45) is 2.15. The first-order valence-corrected chi connectivity index (χ1v) is 5.34. The molecule has 0 atom stereocenters. The molecular weight excluding hydrogens is 280 g/mol. The minimum absolute atomic E-state index is 0.203. The molecule has 0 aliphatic rings. The number of halogens is 1. The van der Waals surface area contributed by atoms with E-state index in [0.29, 0.717) is 10.9 Å². The molecule has 0 spiro atoms. The van der Waals surface area contributed by atoms with E-state index < -0.39 is 10.9 Å². The first-order chi connectivity index (χ1) is 7.54. The van der Waals surface area contributed by atoms with Gasteiger partial charge in [-0.3, -0.25) is 14.9 Å². The van der Waals surface area contributed by atoms with Crippen LogP contribution in [0.4, 0.5) is 5.69 Å². The fraction of sp³-hybridized carbons (Fsp3) is 0.333. The van der Waals surface area contributed by atoms with Gasteiger partial charge in [-0.2, -0.15) is 0 Å². The van der Waals surface area contributed by atoms with E-state index >= 15 is 0 Å². The number of hydrogen-bond donors (Lipinski definition) is 0. The Morgan fingerprint density at radius 2 is 2.38 bits per heavy atom. The van der Waals surface area contributed by atoms with Gasteiger partial charge in [0.15, 0.2) is 0 Å². The lowest BCUT2D eigenvalue weighted by molar-refractivity contribution is -0.386. The van der Waals surface area contributed by atoms with Gasteiger partial charge in [0.1, 0.15) is 0 Å². The zero-order chi connectivity index (χ0) is 12.1. The summed E-state index contributed by atoms with van der Waals surface area (Å²) in [5.74, 6) is -0.799. The molecule has 6 nitrogen and oxygen atoms in total. The highest BCUT2D eigenvalue weighted by Gasteiger charge is 2.19. The lowest BCUT2D eigenvalue weighted by Crippen LogP contribution is -2.09. The van der Waals surface area contributed by atoms with Crippen LogP contribution in [0.15, 0.2) is 16.7 Å². The number of carbonyl (C=O) groups is 1. The van der Waals surface area contributed by atoms with Crippen LogP contribution in [-0.2, 0) is 4.79 Å². The summed E-state index contributed by atoms with van der Waals surface area (Å²) in [5, 5.41) is 10.7. The number of rotatable bonds is 4. The number of esters is 1. The molecule has 0 saturated carbocycles. The Bertz CT molecular complexity index is 422. The van der Waals surface area contributed by atoms with Crippen LogP contribution in [0.1, 0.15) is 19.8 Å². The molecule has 0 bridgehead atoms. The monoisotopic (exact) mass is 288 g/mol. The summed E-state index contributed by atoms with van der Waals surface area (Å²) >= 11 is 3.05. The van der Waals surface area contributed by atoms with E-state index in [1.807, 2.05) is 6.92 Å². The SMILES string of the molecule is CCCC(=O)Oc1ncc(Br)cc1[N+](=O)[O-]. The number of aromatic nitrogens is 1. The number of nitro groups is 1. The Morgan fingerprint density at radius 3 is 2.94 bits per heavy atom. The molecule has 1 rings (SSSR count). The average molecular weight is 289 g/mol. The van der Waals surface area contributed by atoms with Crippen LogP contribution < -0.4 is 4.74 Å². The fourth-order valence-electron chi connectivity index (χ4n) is 0.988. The lowest BCUT2D eigenvalue weighted by atomic mass is 10.3. The van der Waals surface area contributed by atoms with E-state index in [1.165, 1.54) is 12.3 Å². The number of hydrogen-bond acceptors (Lipinski definition) is 5. The maximum Gasteiger partial charge on any atom is 0.332 e. The summed E-state index contributed by atoms with van der Waals surface area (Å²) in [4.78, 5) is 24.9. The third-order valence-corrected chi connectivity index (χ3v) is 2.09. The largest absolute Gasteiger partial charge is 0.401 e. The molecule has 0 aliphatic carbocycles. The highest BCUT2D eigenvalue weighted by molar-refractivity contribution is 9.10. The molecule has 0 unspecified atom stereocenters. The summed E-state index contributed by atoms with van der Waals surface area (Å²) in [6.45, 7) is 1.81. The number of carbonyl (C=O) groups excluding carboxylic acids is 1. The van der Waals surface area contributed by atoms with Crippen molar-refractivity contribution in [2.45, 2.75) is 19.8 Å². The smallest absolute Gasteiger partial charge is 0.332 e. The second-order valence-corrected chi connectivity index (χ2v) is 3.87. The van der Waals surface area contributed by atoms with Gasteiger partial charge in [-0.25, -0.2) is 4.98 Å². The third-order valence-electron chi connectivity index (χ3n) is 1.66. The molecule has 0 amide bonds. The molecule has 0 saturated heterocycles. The van der Waals surface area contributed by atoms with Crippen molar-refractivity contribution in [2.24, 2.45) is 0 Å². The molecule has 7 heteroatoms. The van der Waals surface area contributed by atoms with Crippen molar-refractivity contribution in [1.29, 1.82) is 0 Å². The Morgan fingerprint density at radius 1 is 1.69 bits per heavy atom. The Balaban J connectivity index is 2.95. The van der Waals surface area contributed by atoms with Gasteiger partial charge in [0.05, 0.1) is 4.92 Å². The minimum atomic E-state index is -0.647. The molecule has 0 aromatic carbocycles. The number of nitrogens with zero attached hydrogens (tertiary/aromatic N) is 2. The number of pyridine rings is 1. The molecule has 16 heavy (non-hydrogen) atoms. The maximum atomic E-state index is 11.2. The predicted molar refractivity (Wildman–Crippen MR) is 59.1 cm³/mol. The first kappa shape index (κ1) is 12.6. The zero-order valence-corrected chi connectivity index (χ0v) is 10.1. The second-order valence-electron chi connectivity index (χ2n) is 2.96. The Labute approximate surface area is 99.9 Å². The predicted octanol–water partition coefficient (Wildman–Crippen LogP) is 2.46. The first-order valence-electron chi connectivity index (χ1n) is 4.55. The van der Waals surface area contributed by atoms with Gasteiger partial charge in [-0.15, -0.1) is 0 Å². The van der Waals surface area contributed by atoms with Crippen molar-refractivity contribution in [1.82, 2.24) is 4.98 Å². The van der Waals surface area contributed by atoms with E-state index in [9.17, 15) is 14.9 Å². The van der Waals surface area contributed by atoms with E-state index in [2.05, 4.69) is 20.9 Å². The molecular formula is C9H9BrN2O4. The molecule has 1 aromatic heterocycles. The van der Waals surface area contributed by atoms with Crippen molar-refractivity contribution in [2.75, 3.05) is 0 Å². The molecule has 86 valence electrons. The van der Waals surface area contributed by atoms with Crippen LogP contribution in [0.5, 0.6) is 5.88 Å². The van der Waals surface area contributed by atoms with E-state index in [-0.39, 0.29) is 18.0 Å². The van der Waals surface area contributed by atoms with Gasteiger partial charge in [0.25, 0.3) is 0 Å². The van der Waals surface area contributed by atoms with Crippen molar-refractivity contribution < 1.29 is 14.5 Å². The van der Waals surface area contributed by atoms with Crippen LogP contribution >= 0.6 is 15.9 Å². The van der Waals surface area contributed by atoms with Gasteiger partial charge in [-0.1, -0.05) is 6.92 Å². The average Bonchev–Trinajstić information content (AvgIpc) is 2.20. The molecule has 0 radical (unpaired) electrons. The van der Waals surface area contributed by atoms with Crippen LogP contribution in [0.2, 0.25) is 0 Å². The number of ether oxygens (including phenoxy) is 1. The second kappa shape index (κ2) is 5.55. The molecule has 0 fully saturated rings. The van der Waals surface area contributed by atoms with Crippen molar-refractivity contribution in [3.05, 3.63) is 26.9 Å². The summed E-state index contributed by atoms with van der Waals surface area (Å²) < 4.78 is 5.24. The van der Waals surface area contributed by atoms with E-state index in [1.54, 1.807) is 0 Å². The molecule has 1 heterocycles. The van der Waals surface area contributed by atoms with Gasteiger partial charge >= 0.3 is 17.5 Å².